The molecule has 0 atom stereocenters. The van der Waals surface area contributed by atoms with Crippen molar-refractivity contribution >= 4 is 5.96 Å². The molecule has 0 saturated carbocycles. The van der Waals surface area contributed by atoms with Crippen molar-refractivity contribution in [2.75, 3.05) is 13.6 Å². The Bertz CT molecular complexity index is 651. The predicted molar refractivity (Wildman–Crippen MR) is 84.4 cm³/mol. The molecule has 1 aromatic heterocycles. The van der Waals surface area contributed by atoms with Gasteiger partial charge in [-0.1, -0.05) is 24.3 Å². The van der Waals surface area contributed by atoms with Gasteiger partial charge in [0.15, 0.2) is 5.96 Å². The highest BCUT2D eigenvalue weighted by Crippen LogP contribution is 2.18. The Morgan fingerprint density at radius 1 is 1.25 bits per heavy atom. The summed E-state index contributed by atoms with van der Waals surface area (Å²) in [6.07, 6.45) is -1.97. The molecule has 0 amide bonds. The van der Waals surface area contributed by atoms with Crippen molar-refractivity contribution in [2.45, 2.75) is 25.7 Å². The number of aliphatic imine (C=N–C) groups is 1. The van der Waals surface area contributed by atoms with Crippen LogP contribution in [-0.4, -0.2) is 40.5 Å². The molecule has 6 nitrogen and oxygen atoms in total. The second-order valence-corrected chi connectivity index (χ2v) is 5.13. The van der Waals surface area contributed by atoms with Gasteiger partial charge in [-0.25, -0.2) is 9.67 Å². The van der Waals surface area contributed by atoms with Crippen LogP contribution in [0, 0.1) is 0 Å². The maximum Gasteiger partial charge on any atom is 0.390 e. The molecule has 2 N–H and O–H groups in total. The smallest absolute Gasteiger partial charge is 0.356 e. The summed E-state index contributed by atoms with van der Waals surface area (Å²) < 4.78 is 38.2. The molecule has 130 valence electrons. The third kappa shape index (κ3) is 6.27. The molecule has 2 aromatic rings. The minimum atomic E-state index is -4.18. The number of benzene rings is 1. The average Bonchev–Trinajstić information content (AvgIpc) is 3.03. The zero-order valence-corrected chi connectivity index (χ0v) is 13.2. The largest absolute Gasteiger partial charge is 0.390 e. The van der Waals surface area contributed by atoms with Gasteiger partial charge < -0.3 is 10.6 Å². The molecule has 0 saturated heterocycles. The summed E-state index contributed by atoms with van der Waals surface area (Å²) in [4.78, 5) is 7.80. The molecular formula is C15H19F3N6. The van der Waals surface area contributed by atoms with E-state index in [1.54, 1.807) is 11.0 Å². The lowest BCUT2D eigenvalue weighted by atomic mass is 10.1. The lowest BCUT2D eigenvalue weighted by Crippen LogP contribution is -2.38. The SMILES string of the molecule is CN=C(NCCC(F)(F)F)NCc1cccc(Cn2cncn2)c1. The number of alkyl halides is 3. The summed E-state index contributed by atoms with van der Waals surface area (Å²) >= 11 is 0. The monoisotopic (exact) mass is 340 g/mol. The number of nitrogens with one attached hydrogen (secondary N) is 2. The number of halogens is 3. The van der Waals surface area contributed by atoms with Crippen molar-refractivity contribution in [1.82, 2.24) is 25.4 Å². The van der Waals surface area contributed by atoms with Crippen molar-refractivity contribution in [2.24, 2.45) is 4.99 Å². The van der Waals surface area contributed by atoms with Gasteiger partial charge in [0.1, 0.15) is 12.7 Å². The van der Waals surface area contributed by atoms with Crippen LogP contribution in [0.3, 0.4) is 0 Å². The van der Waals surface area contributed by atoms with Gasteiger partial charge in [-0.15, -0.1) is 0 Å². The second kappa shape index (κ2) is 8.32. The predicted octanol–water partition coefficient (Wildman–Crippen LogP) is 1.94. The van der Waals surface area contributed by atoms with E-state index >= 15 is 0 Å². The first-order valence-electron chi connectivity index (χ1n) is 7.38. The molecule has 1 heterocycles. The van der Waals surface area contributed by atoms with Gasteiger partial charge in [0.25, 0.3) is 0 Å². The normalized spacial score (nSPS) is 12.2. The van der Waals surface area contributed by atoms with E-state index in [4.69, 9.17) is 0 Å². The molecule has 0 radical (unpaired) electrons. The van der Waals surface area contributed by atoms with Crippen LogP contribution in [0.1, 0.15) is 17.5 Å². The summed E-state index contributed by atoms with van der Waals surface area (Å²) in [6.45, 7) is 0.846. The number of aromatic nitrogens is 3. The van der Waals surface area contributed by atoms with Crippen molar-refractivity contribution < 1.29 is 13.2 Å². The van der Waals surface area contributed by atoms with Gasteiger partial charge in [-0.3, -0.25) is 4.99 Å². The van der Waals surface area contributed by atoms with Crippen LogP contribution in [0.4, 0.5) is 13.2 Å². The zero-order valence-electron chi connectivity index (χ0n) is 13.2. The van der Waals surface area contributed by atoms with Crippen LogP contribution in [0.5, 0.6) is 0 Å². The molecular weight excluding hydrogens is 321 g/mol. The van der Waals surface area contributed by atoms with Crippen molar-refractivity contribution in [3.63, 3.8) is 0 Å². The fourth-order valence-electron chi connectivity index (χ4n) is 2.07. The van der Waals surface area contributed by atoms with Crippen LogP contribution in [-0.2, 0) is 13.1 Å². The molecule has 9 heteroatoms. The van der Waals surface area contributed by atoms with Crippen LogP contribution in [0.15, 0.2) is 41.9 Å². The van der Waals surface area contributed by atoms with E-state index in [0.29, 0.717) is 19.0 Å². The molecule has 0 fully saturated rings. The molecule has 2 rings (SSSR count). The summed E-state index contributed by atoms with van der Waals surface area (Å²) in [7, 11) is 1.52. The third-order valence-corrected chi connectivity index (χ3v) is 3.19. The molecule has 24 heavy (non-hydrogen) atoms. The first-order chi connectivity index (χ1) is 11.5. The highest BCUT2D eigenvalue weighted by Gasteiger charge is 2.26. The van der Waals surface area contributed by atoms with Crippen LogP contribution in [0.2, 0.25) is 0 Å². The van der Waals surface area contributed by atoms with Gasteiger partial charge in [0.2, 0.25) is 0 Å². The Hall–Kier alpha value is -2.58. The van der Waals surface area contributed by atoms with Crippen LogP contribution >= 0.6 is 0 Å². The first-order valence-corrected chi connectivity index (χ1v) is 7.38. The summed E-state index contributed by atoms with van der Waals surface area (Å²) in [5.41, 5.74) is 2.05. The Kier molecular flexibility index (Phi) is 6.16. The molecule has 0 spiro atoms. The Morgan fingerprint density at radius 2 is 2.04 bits per heavy atom. The Labute approximate surface area is 137 Å². The third-order valence-electron chi connectivity index (χ3n) is 3.19. The van der Waals surface area contributed by atoms with E-state index in [1.807, 2.05) is 24.3 Å². The van der Waals surface area contributed by atoms with Gasteiger partial charge in [0.05, 0.1) is 13.0 Å². The minimum Gasteiger partial charge on any atom is -0.356 e. The lowest BCUT2D eigenvalue weighted by molar-refractivity contribution is -0.132. The second-order valence-electron chi connectivity index (χ2n) is 5.13. The fraction of sp³-hybridized carbons (Fsp3) is 0.400. The van der Waals surface area contributed by atoms with E-state index in [9.17, 15) is 13.2 Å². The Balaban J connectivity index is 1.84. The number of hydrogen-bond acceptors (Lipinski definition) is 3. The summed E-state index contributed by atoms with van der Waals surface area (Å²) in [5.74, 6) is 0.334. The summed E-state index contributed by atoms with van der Waals surface area (Å²) in [5, 5.41) is 9.69. The van der Waals surface area contributed by atoms with Gasteiger partial charge in [-0.2, -0.15) is 18.3 Å². The minimum absolute atomic E-state index is 0.213. The number of nitrogens with zero attached hydrogens (tertiary/aromatic N) is 4. The van der Waals surface area contributed by atoms with Crippen LogP contribution < -0.4 is 10.6 Å². The molecule has 0 aliphatic heterocycles. The zero-order chi connectivity index (χ0) is 17.4. The fourth-order valence-corrected chi connectivity index (χ4v) is 2.07. The van der Waals surface area contributed by atoms with Crippen LogP contribution in [0.25, 0.3) is 0 Å². The highest BCUT2D eigenvalue weighted by molar-refractivity contribution is 5.79. The molecule has 1 aromatic carbocycles. The highest BCUT2D eigenvalue weighted by atomic mass is 19.4. The van der Waals surface area contributed by atoms with Gasteiger partial charge in [0, 0.05) is 20.1 Å². The van der Waals surface area contributed by atoms with E-state index in [2.05, 4.69) is 25.7 Å². The van der Waals surface area contributed by atoms with Crippen molar-refractivity contribution in [3.8, 4) is 0 Å². The molecule has 0 unspecified atom stereocenters. The number of hydrogen-bond donors (Lipinski definition) is 2. The molecule has 0 aliphatic carbocycles. The van der Waals surface area contributed by atoms with E-state index in [1.165, 1.54) is 13.4 Å². The number of rotatable bonds is 6. The van der Waals surface area contributed by atoms with E-state index in [0.717, 1.165) is 11.1 Å². The van der Waals surface area contributed by atoms with Gasteiger partial charge in [-0.05, 0) is 11.1 Å². The molecule has 0 bridgehead atoms. The number of guanidine groups is 1. The van der Waals surface area contributed by atoms with Crippen molar-refractivity contribution in [1.29, 1.82) is 0 Å². The maximum atomic E-state index is 12.1. The Morgan fingerprint density at radius 3 is 2.71 bits per heavy atom. The topological polar surface area (TPSA) is 67.1 Å². The average molecular weight is 340 g/mol. The first kappa shape index (κ1) is 17.8. The lowest BCUT2D eigenvalue weighted by Gasteiger charge is -2.13. The molecule has 0 aliphatic rings. The quantitative estimate of drug-likeness (QED) is 0.623. The summed E-state index contributed by atoms with van der Waals surface area (Å²) in [6, 6.07) is 7.82. The van der Waals surface area contributed by atoms with E-state index < -0.39 is 12.6 Å². The van der Waals surface area contributed by atoms with E-state index in [-0.39, 0.29) is 6.54 Å². The maximum absolute atomic E-state index is 12.1. The van der Waals surface area contributed by atoms with Crippen molar-refractivity contribution in [3.05, 3.63) is 48.0 Å². The van der Waals surface area contributed by atoms with Gasteiger partial charge >= 0.3 is 6.18 Å². The standard InChI is InChI=1S/C15H19F3N6/c1-19-14(21-6-5-15(16,17)18)22-8-12-3-2-4-13(7-12)9-24-11-20-10-23-24/h2-4,7,10-11H,5-6,8-9H2,1H3,(H2,19,21,22).